The molecule has 1 rings (SSSR count). The fourth-order valence-corrected chi connectivity index (χ4v) is 1.45. The largest absolute Gasteiger partial charge is 0.389 e. The van der Waals surface area contributed by atoms with E-state index in [0.717, 1.165) is 5.56 Å². The Kier molecular flexibility index (Phi) is 4.14. The highest BCUT2D eigenvalue weighted by Crippen LogP contribution is 2.21. The normalized spacial score (nSPS) is 12.5. The number of rotatable bonds is 5. The number of nitrogens with one attached hydrogen (secondary N) is 1. The van der Waals surface area contributed by atoms with Crippen molar-refractivity contribution in [2.75, 3.05) is 0 Å². The summed E-state index contributed by atoms with van der Waals surface area (Å²) < 4.78 is 0. The number of aliphatic hydroxyl groups is 1. The maximum atomic E-state index is 11.3. The van der Waals surface area contributed by atoms with E-state index in [1.165, 1.54) is 0 Å². The topological polar surface area (TPSA) is 75.3 Å². The first-order valence-electron chi connectivity index (χ1n) is 6.00. The Morgan fingerprint density at radius 3 is 2.33 bits per heavy atom. The third kappa shape index (κ3) is 3.31. The fourth-order valence-electron chi connectivity index (χ4n) is 1.45. The number of primary amides is 1. The first-order chi connectivity index (χ1) is 8.15. The minimum absolute atomic E-state index is 0.437. The Hall–Kier alpha value is -1.39. The molecule has 0 fully saturated rings. The Morgan fingerprint density at radius 2 is 1.83 bits per heavy atom. The number of hydrogen-bond acceptors (Lipinski definition) is 3. The van der Waals surface area contributed by atoms with Crippen molar-refractivity contribution in [2.45, 2.75) is 45.4 Å². The number of carbonyl (C=O) groups excluding carboxylic acids is 1. The van der Waals surface area contributed by atoms with Crippen molar-refractivity contribution in [1.82, 2.24) is 5.32 Å². The molecule has 4 N–H and O–H groups in total. The molecule has 0 aromatic heterocycles. The predicted molar refractivity (Wildman–Crippen MR) is 72.2 cm³/mol. The van der Waals surface area contributed by atoms with Gasteiger partial charge in [-0.15, -0.1) is 0 Å². The van der Waals surface area contributed by atoms with Crippen LogP contribution in [0.25, 0.3) is 0 Å². The van der Waals surface area contributed by atoms with Crippen LogP contribution in [0.4, 0.5) is 0 Å². The van der Waals surface area contributed by atoms with Crippen LogP contribution in [0.15, 0.2) is 24.3 Å². The van der Waals surface area contributed by atoms with Gasteiger partial charge < -0.3 is 16.2 Å². The van der Waals surface area contributed by atoms with E-state index >= 15 is 0 Å². The lowest BCUT2D eigenvalue weighted by atomic mass is 9.85. The van der Waals surface area contributed by atoms with Crippen molar-refractivity contribution in [2.24, 2.45) is 5.73 Å². The molecule has 1 amide bonds. The zero-order chi connectivity index (χ0) is 14.0. The second-order valence-electron chi connectivity index (χ2n) is 5.56. The van der Waals surface area contributed by atoms with E-state index in [0.29, 0.717) is 12.1 Å². The molecule has 0 atom stereocenters. The molecule has 0 saturated heterocycles. The number of carbonyl (C=O) groups is 1. The average molecular weight is 250 g/mol. The van der Waals surface area contributed by atoms with Crippen LogP contribution in [0.3, 0.4) is 0 Å². The van der Waals surface area contributed by atoms with Gasteiger partial charge in [0.1, 0.15) is 0 Å². The Balaban J connectivity index is 2.85. The summed E-state index contributed by atoms with van der Waals surface area (Å²) in [4.78, 5) is 11.3. The van der Waals surface area contributed by atoms with Gasteiger partial charge in [0.2, 0.25) is 5.91 Å². The summed E-state index contributed by atoms with van der Waals surface area (Å²) >= 11 is 0. The second-order valence-corrected chi connectivity index (χ2v) is 5.56. The van der Waals surface area contributed by atoms with Crippen molar-refractivity contribution in [3.8, 4) is 0 Å². The van der Waals surface area contributed by atoms with Gasteiger partial charge >= 0.3 is 0 Å². The lowest BCUT2D eigenvalue weighted by molar-refractivity contribution is -0.00533. The molecule has 0 heterocycles. The van der Waals surface area contributed by atoms with Crippen molar-refractivity contribution in [1.29, 1.82) is 0 Å². The summed E-state index contributed by atoms with van der Waals surface area (Å²) in [6.07, 6.45) is 0. The summed E-state index contributed by atoms with van der Waals surface area (Å²) in [5, 5.41) is 13.3. The molecule has 0 aliphatic rings. The van der Waals surface area contributed by atoms with E-state index in [1.54, 1.807) is 26.0 Å². The highest BCUT2D eigenvalue weighted by atomic mass is 16.3. The lowest BCUT2D eigenvalue weighted by Gasteiger charge is -2.38. The molecule has 4 heteroatoms. The molecule has 0 bridgehead atoms. The van der Waals surface area contributed by atoms with Crippen LogP contribution in [0.1, 0.15) is 43.6 Å². The number of hydrogen-bond donors (Lipinski definition) is 3. The summed E-state index contributed by atoms with van der Waals surface area (Å²) in [5.74, 6) is -0.437. The van der Waals surface area contributed by atoms with Crippen LogP contribution < -0.4 is 11.1 Å². The van der Waals surface area contributed by atoms with Crippen LogP contribution in [0.2, 0.25) is 0 Å². The van der Waals surface area contributed by atoms with Crippen LogP contribution in [-0.4, -0.2) is 22.2 Å². The van der Waals surface area contributed by atoms with Gasteiger partial charge in [0.15, 0.2) is 0 Å². The van der Waals surface area contributed by atoms with Gasteiger partial charge in [-0.05, 0) is 39.3 Å². The molecule has 1 aromatic rings. The minimum Gasteiger partial charge on any atom is -0.389 e. The standard InChI is InChI=1S/C14H22N2O2/c1-13(2,14(3,4)18)16-9-10-7-5-6-8-11(10)12(15)17/h5-8,16,18H,9H2,1-4H3,(H2,15,17). The first kappa shape index (κ1) is 14.7. The number of benzene rings is 1. The molecular formula is C14H22N2O2. The molecule has 0 spiro atoms. The van der Waals surface area contributed by atoms with Crippen molar-refractivity contribution >= 4 is 5.91 Å². The van der Waals surface area contributed by atoms with E-state index in [4.69, 9.17) is 5.73 Å². The first-order valence-corrected chi connectivity index (χ1v) is 6.00. The molecule has 0 aliphatic heterocycles. The Labute approximate surface area is 108 Å². The van der Waals surface area contributed by atoms with Gasteiger partial charge in [0.25, 0.3) is 0 Å². The molecule has 1 aromatic carbocycles. The zero-order valence-electron chi connectivity index (χ0n) is 11.4. The van der Waals surface area contributed by atoms with E-state index in [2.05, 4.69) is 5.32 Å². The summed E-state index contributed by atoms with van der Waals surface area (Å²) in [6.45, 7) is 7.82. The van der Waals surface area contributed by atoms with Crippen LogP contribution in [-0.2, 0) is 6.54 Å². The van der Waals surface area contributed by atoms with Gasteiger partial charge in [-0.2, -0.15) is 0 Å². The highest BCUT2D eigenvalue weighted by Gasteiger charge is 2.34. The van der Waals surface area contributed by atoms with Crippen molar-refractivity contribution < 1.29 is 9.90 Å². The lowest BCUT2D eigenvalue weighted by Crippen LogP contribution is -2.55. The van der Waals surface area contributed by atoms with E-state index < -0.39 is 17.0 Å². The Morgan fingerprint density at radius 1 is 1.28 bits per heavy atom. The van der Waals surface area contributed by atoms with E-state index in [-0.39, 0.29) is 0 Å². The van der Waals surface area contributed by atoms with Gasteiger partial charge in [-0.1, -0.05) is 18.2 Å². The molecule has 4 nitrogen and oxygen atoms in total. The van der Waals surface area contributed by atoms with Crippen molar-refractivity contribution in [3.05, 3.63) is 35.4 Å². The van der Waals surface area contributed by atoms with E-state index in [1.807, 2.05) is 26.0 Å². The highest BCUT2D eigenvalue weighted by molar-refractivity contribution is 5.94. The number of amides is 1. The third-order valence-corrected chi connectivity index (χ3v) is 3.53. The maximum absolute atomic E-state index is 11.3. The van der Waals surface area contributed by atoms with Gasteiger partial charge in [-0.3, -0.25) is 4.79 Å². The molecule has 18 heavy (non-hydrogen) atoms. The monoisotopic (exact) mass is 250 g/mol. The molecule has 0 aliphatic carbocycles. The summed E-state index contributed by atoms with van der Waals surface area (Å²) in [6, 6.07) is 7.20. The SMILES string of the molecule is CC(C)(O)C(C)(C)NCc1ccccc1C(N)=O. The Bertz CT molecular complexity index is 434. The van der Waals surface area contributed by atoms with Gasteiger partial charge in [0, 0.05) is 17.6 Å². The molecule has 0 radical (unpaired) electrons. The molecule has 100 valence electrons. The van der Waals surface area contributed by atoms with Crippen LogP contribution in [0, 0.1) is 0 Å². The summed E-state index contributed by atoms with van der Waals surface area (Å²) in [7, 11) is 0. The van der Waals surface area contributed by atoms with Crippen LogP contribution >= 0.6 is 0 Å². The molecule has 0 unspecified atom stereocenters. The minimum atomic E-state index is -0.866. The van der Waals surface area contributed by atoms with E-state index in [9.17, 15) is 9.90 Å². The predicted octanol–water partition coefficient (Wildman–Crippen LogP) is 1.42. The smallest absolute Gasteiger partial charge is 0.249 e. The third-order valence-electron chi connectivity index (χ3n) is 3.53. The second kappa shape index (κ2) is 5.08. The molecular weight excluding hydrogens is 228 g/mol. The molecule has 0 saturated carbocycles. The zero-order valence-corrected chi connectivity index (χ0v) is 11.4. The van der Waals surface area contributed by atoms with Gasteiger partial charge in [-0.25, -0.2) is 0 Å². The van der Waals surface area contributed by atoms with Crippen LogP contribution in [0.5, 0.6) is 0 Å². The quantitative estimate of drug-likeness (QED) is 0.740. The number of nitrogens with two attached hydrogens (primary N) is 1. The average Bonchev–Trinajstić information content (AvgIpc) is 2.25. The fraction of sp³-hybridized carbons (Fsp3) is 0.500. The summed E-state index contributed by atoms with van der Waals surface area (Å²) in [5.41, 5.74) is 5.33. The maximum Gasteiger partial charge on any atom is 0.249 e. The van der Waals surface area contributed by atoms with Gasteiger partial charge in [0.05, 0.1) is 5.60 Å². The van der Waals surface area contributed by atoms with Crippen molar-refractivity contribution in [3.63, 3.8) is 0 Å².